The van der Waals surface area contributed by atoms with Crippen molar-refractivity contribution < 1.29 is 14.3 Å². The maximum absolute atomic E-state index is 12.8. The molecule has 26 heavy (non-hydrogen) atoms. The molecule has 1 aromatic rings. The Hall–Kier alpha value is -1.88. The van der Waals surface area contributed by atoms with Gasteiger partial charge in [0.25, 0.3) is 0 Å². The Bertz CT molecular complexity index is 661. The van der Waals surface area contributed by atoms with Gasteiger partial charge in [-0.25, -0.2) is 0 Å². The summed E-state index contributed by atoms with van der Waals surface area (Å²) in [7, 11) is 1.95. The fourth-order valence-corrected chi connectivity index (χ4v) is 5.10. The Labute approximate surface area is 155 Å². The van der Waals surface area contributed by atoms with Gasteiger partial charge in [-0.05, 0) is 31.2 Å². The molecule has 3 fully saturated rings. The summed E-state index contributed by atoms with van der Waals surface area (Å²) in [6.45, 7) is 2.89. The Morgan fingerprint density at radius 1 is 1.12 bits per heavy atom. The van der Waals surface area contributed by atoms with Crippen molar-refractivity contribution in [3.63, 3.8) is 0 Å². The van der Waals surface area contributed by atoms with E-state index in [4.69, 9.17) is 4.74 Å². The summed E-state index contributed by atoms with van der Waals surface area (Å²) in [5.41, 5.74) is 1.10. The second kappa shape index (κ2) is 7.03. The summed E-state index contributed by atoms with van der Waals surface area (Å²) in [6.07, 6.45) is 3.99. The normalized spacial score (nSPS) is 26.5. The van der Waals surface area contributed by atoms with Gasteiger partial charge in [0, 0.05) is 51.6 Å². The zero-order valence-electron chi connectivity index (χ0n) is 15.5. The zero-order chi connectivity index (χ0) is 18.1. The number of ether oxygens (including phenoxy) is 1. The van der Waals surface area contributed by atoms with Gasteiger partial charge in [-0.2, -0.15) is 0 Å². The molecule has 1 aromatic carbocycles. The third-order valence-corrected chi connectivity index (χ3v) is 6.78. The van der Waals surface area contributed by atoms with Crippen molar-refractivity contribution in [3.05, 3.63) is 35.9 Å². The van der Waals surface area contributed by atoms with Crippen molar-refractivity contribution in [2.24, 2.45) is 5.92 Å². The van der Waals surface area contributed by atoms with Crippen LogP contribution >= 0.6 is 0 Å². The first-order valence-corrected chi connectivity index (χ1v) is 9.80. The molecule has 1 atom stereocenters. The minimum atomic E-state index is -0.148. The number of benzene rings is 1. The van der Waals surface area contributed by atoms with E-state index in [-0.39, 0.29) is 29.2 Å². The summed E-state index contributed by atoms with van der Waals surface area (Å²) < 4.78 is 5.39. The molecule has 0 aromatic heterocycles. The molecular weight excluding hydrogens is 328 g/mol. The first-order chi connectivity index (χ1) is 12.6. The van der Waals surface area contributed by atoms with E-state index in [9.17, 15) is 9.59 Å². The van der Waals surface area contributed by atoms with Crippen molar-refractivity contribution in [2.75, 3.05) is 33.4 Å². The highest BCUT2D eigenvalue weighted by atomic mass is 16.5. The van der Waals surface area contributed by atoms with Crippen molar-refractivity contribution in [3.8, 4) is 0 Å². The van der Waals surface area contributed by atoms with Crippen LogP contribution in [0.1, 0.15) is 43.6 Å². The first kappa shape index (κ1) is 17.5. The molecule has 3 aliphatic heterocycles. The van der Waals surface area contributed by atoms with Crippen LogP contribution in [0.5, 0.6) is 0 Å². The third-order valence-electron chi connectivity index (χ3n) is 6.78. The van der Waals surface area contributed by atoms with Gasteiger partial charge in [-0.1, -0.05) is 30.3 Å². The number of hydrogen-bond acceptors (Lipinski definition) is 3. The molecule has 0 saturated carbocycles. The van der Waals surface area contributed by atoms with E-state index >= 15 is 0 Å². The van der Waals surface area contributed by atoms with E-state index in [1.807, 2.05) is 22.9 Å². The van der Waals surface area contributed by atoms with Crippen LogP contribution in [0, 0.1) is 5.92 Å². The maximum atomic E-state index is 12.8. The number of likely N-dealkylation sites (tertiary alicyclic amines) is 2. The molecule has 0 N–H and O–H groups in total. The average Bonchev–Trinajstić information content (AvgIpc) is 2.94. The van der Waals surface area contributed by atoms with Gasteiger partial charge >= 0.3 is 0 Å². The highest BCUT2D eigenvalue weighted by molar-refractivity contribution is 5.82. The molecule has 3 saturated heterocycles. The number of piperidine rings is 1. The number of hydrogen-bond donors (Lipinski definition) is 0. The quantitative estimate of drug-likeness (QED) is 0.818. The second-order valence-corrected chi connectivity index (χ2v) is 7.94. The third kappa shape index (κ3) is 2.92. The van der Waals surface area contributed by atoms with Gasteiger partial charge in [-0.3, -0.25) is 9.59 Å². The highest BCUT2D eigenvalue weighted by Gasteiger charge is 2.53. The number of amides is 2. The van der Waals surface area contributed by atoms with Crippen LogP contribution in [0.4, 0.5) is 0 Å². The Balaban J connectivity index is 1.50. The lowest BCUT2D eigenvalue weighted by molar-refractivity contribution is -0.141. The fraction of sp³-hybridized carbons (Fsp3) is 0.619. The summed E-state index contributed by atoms with van der Waals surface area (Å²) in [6, 6.07) is 10.4. The molecular formula is C21H28N2O3. The van der Waals surface area contributed by atoms with E-state index in [0.717, 1.165) is 38.8 Å². The molecule has 140 valence electrons. The molecule has 0 bridgehead atoms. The molecule has 3 heterocycles. The molecule has 2 amide bonds. The number of carbonyl (C=O) groups excluding carboxylic acids is 2. The molecule has 5 heteroatoms. The summed E-state index contributed by atoms with van der Waals surface area (Å²) >= 11 is 0. The summed E-state index contributed by atoms with van der Waals surface area (Å²) in [5.74, 6) is 0.849. The second-order valence-electron chi connectivity index (χ2n) is 7.94. The fourth-order valence-electron chi connectivity index (χ4n) is 5.10. The smallest absolute Gasteiger partial charge is 0.225 e. The Morgan fingerprint density at radius 3 is 2.42 bits per heavy atom. The van der Waals surface area contributed by atoms with Gasteiger partial charge in [0.1, 0.15) is 0 Å². The van der Waals surface area contributed by atoms with Crippen molar-refractivity contribution in [1.82, 2.24) is 9.80 Å². The minimum Gasteiger partial charge on any atom is -0.381 e. The van der Waals surface area contributed by atoms with E-state index in [1.165, 1.54) is 5.56 Å². The van der Waals surface area contributed by atoms with Crippen LogP contribution in [0.25, 0.3) is 0 Å². The van der Waals surface area contributed by atoms with E-state index in [0.29, 0.717) is 19.6 Å². The van der Waals surface area contributed by atoms with Gasteiger partial charge in [0.05, 0.1) is 5.54 Å². The molecule has 0 unspecified atom stereocenters. The van der Waals surface area contributed by atoms with E-state index in [2.05, 4.69) is 24.3 Å². The molecule has 0 radical (unpaired) electrons. The average molecular weight is 356 g/mol. The van der Waals surface area contributed by atoms with Crippen LogP contribution in [-0.2, 0) is 14.3 Å². The van der Waals surface area contributed by atoms with E-state index in [1.54, 1.807) is 0 Å². The van der Waals surface area contributed by atoms with Gasteiger partial charge < -0.3 is 14.5 Å². The lowest BCUT2D eigenvalue weighted by atomic mass is 9.73. The Kier molecular flexibility index (Phi) is 4.74. The monoisotopic (exact) mass is 356 g/mol. The van der Waals surface area contributed by atoms with Crippen molar-refractivity contribution in [1.29, 1.82) is 0 Å². The lowest BCUT2D eigenvalue weighted by Gasteiger charge is -2.47. The van der Waals surface area contributed by atoms with E-state index < -0.39 is 0 Å². The van der Waals surface area contributed by atoms with Crippen LogP contribution < -0.4 is 0 Å². The van der Waals surface area contributed by atoms with Gasteiger partial charge in [-0.15, -0.1) is 0 Å². The molecule has 3 aliphatic rings. The first-order valence-electron chi connectivity index (χ1n) is 9.80. The predicted octanol–water partition coefficient (Wildman–Crippen LogP) is 2.42. The SMILES string of the molecule is CN1C(=O)C[C@H](c2ccccc2)C12CCN(C(=O)C1CCOCC1)CC2. The van der Waals surface area contributed by atoms with Gasteiger partial charge in [0.15, 0.2) is 0 Å². The van der Waals surface area contributed by atoms with Crippen LogP contribution in [0.2, 0.25) is 0 Å². The van der Waals surface area contributed by atoms with Crippen LogP contribution in [0.3, 0.4) is 0 Å². The number of rotatable bonds is 2. The Morgan fingerprint density at radius 2 is 1.77 bits per heavy atom. The maximum Gasteiger partial charge on any atom is 0.225 e. The lowest BCUT2D eigenvalue weighted by Crippen LogP contribution is -2.55. The molecule has 4 rings (SSSR count). The molecule has 1 spiro atoms. The van der Waals surface area contributed by atoms with Crippen LogP contribution in [-0.4, -0.2) is 60.5 Å². The summed E-state index contributed by atoms with van der Waals surface area (Å²) in [5, 5.41) is 0. The minimum absolute atomic E-state index is 0.116. The van der Waals surface area contributed by atoms with Gasteiger partial charge in [0.2, 0.25) is 11.8 Å². The topological polar surface area (TPSA) is 49.9 Å². The molecule has 5 nitrogen and oxygen atoms in total. The zero-order valence-corrected chi connectivity index (χ0v) is 15.5. The predicted molar refractivity (Wildman–Crippen MR) is 98.7 cm³/mol. The molecule has 0 aliphatic carbocycles. The summed E-state index contributed by atoms with van der Waals surface area (Å²) in [4.78, 5) is 29.4. The standard InChI is InChI=1S/C21H28N2O3/c1-22-19(24)15-18(16-5-3-2-4-6-16)21(22)9-11-23(12-10-21)20(25)17-7-13-26-14-8-17/h2-6,17-18H,7-15H2,1H3/t18-/m1/s1. The number of nitrogens with zero attached hydrogens (tertiary/aromatic N) is 2. The highest BCUT2D eigenvalue weighted by Crippen LogP contribution is 2.48. The largest absolute Gasteiger partial charge is 0.381 e. The number of likely N-dealkylation sites (N-methyl/N-ethyl adjacent to an activating group) is 1. The van der Waals surface area contributed by atoms with Crippen molar-refractivity contribution in [2.45, 2.75) is 43.6 Å². The van der Waals surface area contributed by atoms with Crippen LogP contribution in [0.15, 0.2) is 30.3 Å². The number of carbonyl (C=O) groups is 2. The van der Waals surface area contributed by atoms with Crippen molar-refractivity contribution >= 4 is 11.8 Å².